The number of ether oxygens (including phenoxy) is 2. The molecule has 3 heteroatoms. The van der Waals surface area contributed by atoms with Crippen molar-refractivity contribution in [2.45, 2.75) is 17.8 Å². The summed E-state index contributed by atoms with van der Waals surface area (Å²) in [5.74, 6) is 1.84. The molecule has 2 bridgehead atoms. The van der Waals surface area contributed by atoms with E-state index in [0.717, 1.165) is 17.1 Å². The lowest BCUT2D eigenvalue weighted by molar-refractivity contribution is 0.257. The fourth-order valence-electron chi connectivity index (χ4n) is 5.39. The summed E-state index contributed by atoms with van der Waals surface area (Å²) >= 11 is 0. The van der Waals surface area contributed by atoms with Crippen LogP contribution in [0.3, 0.4) is 0 Å². The van der Waals surface area contributed by atoms with Gasteiger partial charge in [0.05, 0.1) is 19.6 Å². The van der Waals surface area contributed by atoms with Crippen molar-refractivity contribution in [2.75, 3.05) is 20.8 Å². The molecule has 0 atom stereocenters. The van der Waals surface area contributed by atoms with E-state index >= 15 is 0 Å². The Bertz CT molecular complexity index is 990. The summed E-state index contributed by atoms with van der Waals surface area (Å²) in [4.78, 5) is 0. The van der Waals surface area contributed by atoms with E-state index in [1.165, 1.54) is 27.8 Å². The van der Waals surface area contributed by atoms with Crippen molar-refractivity contribution >= 4 is 0 Å². The average Bonchev–Trinajstić information content (AvgIpc) is 2.73. The molecule has 3 aliphatic rings. The fourth-order valence-corrected chi connectivity index (χ4v) is 5.39. The van der Waals surface area contributed by atoms with Gasteiger partial charge in [0, 0.05) is 23.7 Å². The Labute approximate surface area is 159 Å². The number of methoxy groups -OCH3 is 2. The number of hydrogen-bond acceptors (Lipinski definition) is 3. The van der Waals surface area contributed by atoms with Gasteiger partial charge in [-0.2, -0.15) is 0 Å². The minimum atomic E-state index is -0.439. The van der Waals surface area contributed by atoms with E-state index in [1.54, 1.807) is 14.2 Å². The van der Waals surface area contributed by atoms with Gasteiger partial charge in [-0.15, -0.1) is 0 Å². The molecule has 3 aromatic carbocycles. The summed E-state index contributed by atoms with van der Waals surface area (Å²) in [7, 11) is 3.44. The molecule has 0 radical (unpaired) electrons. The maximum absolute atomic E-state index is 10.1. The molecule has 1 N–H and O–H groups in total. The highest BCUT2D eigenvalue weighted by molar-refractivity contribution is 5.76. The molecule has 136 valence electrons. The zero-order valence-electron chi connectivity index (χ0n) is 15.5. The van der Waals surface area contributed by atoms with Gasteiger partial charge in [-0.25, -0.2) is 0 Å². The Morgan fingerprint density at radius 2 is 1.37 bits per heavy atom. The first kappa shape index (κ1) is 16.4. The minimum Gasteiger partial charge on any atom is -0.496 e. The van der Waals surface area contributed by atoms with Crippen LogP contribution in [0.25, 0.3) is 0 Å². The zero-order chi connectivity index (χ0) is 18.6. The Morgan fingerprint density at radius 3 is 1.93 bits per heavy atom. The van der Waals surface area contributed by atoms with Crippen LogP contribution in [-0.4, -0.2) is 25.9 Å². The molecule has 3 aliphatic carbocycles. The van der Waals surface area contributed by atoms with Gasteiger partial charge in [0.25, 0.3) is 0 Å². The van der Waals surface area contributed by atoms with Crippen molar-refractivity contribution < 1.29 is 14.6 Å². The van der Waals surface area contributed by atoms with Crippen LogP contribution >= 0.6 is 0 Å². The predicted molar refractivity (Wildman–Crippen MR) is 105 cm³/mol. The van der Waals surface area contributed by atoms with E-state index in [-0.39, 0.29) is 12.5 Å². The molecular weight excluding hydrogens is 336 g/mol. The SMILES string of the molecule is COc1ccc(OC)c2c1C1c3ccccc3C2(CCO)c2ccccc21. The lowest BCUT2D eigenvalue weighted by Gasteiger charge is -2.51. The molecular formula is C24H22O3. The van der Waals surface area contributed by atoms with Crippen LogP contribution in [0.2, 0.25) is 0 Å². The Morgan fingerprint density at radius 1 is 0.815 bits per heavy atom. The topological polar surface area (TPSA) is 38.7 Å². The Hall–Kier alpha value is -2.78. The third-order valence-electron chi connectivity index (χ3n) is 6.27. The molecule has 3 aromatic rings. The van der Waals surface area contributed by atoms with Crippen molar-refractivity contribution in [3.8, 4) is 11.5 Å². The van der Waals surface area contributed by atoms with Gasteiger partial charge in [-0.05, 0) is 40.8 Å². The Kier molecular flexibility index (Phi) is 3.56. The zero-order valence-corrected chi connectivity index (χ0v) is 15.5. The van der Waals surface area contributed by atoms with Crippen LogP contribution in [-0.2, 0) is 5.41 Å². The van der Waals surface area contributed by atoms with Crippen molar-refractivity contribution in [3.05, 3.63) is 94.0 Å². The lowest BCUT2D eigenvalue weighted by atomic mass is 9.51. The first-order chi connectivity index (χ1) is 13.3. The van der Waals surface area contributed by atoms with Gasteiger partial charge >= 0.3 is 0 Å². The molecule has 0 spiro atoms. The third kappa shape index (κ3) is 1.90. The quantitative estimate of drug-likeness (QED) is 0.759. The summed E-state index contributed by atoms with van der Waals surface area (Å²) in [6, 6.07) is 21.2. The molecule has 0 aliphatic heterocycles. The van der Waals surface area contributed by atoms with Crippen LogP contribution in [0.1, 0.15) is 45.7 Å². The largest absolute Gasteiger partial charge is 0.496 e. The van der Waals surface area contributed by atoms with E-state index in [4.69, 9.17) is 9.47 Å². The minimum absolute atomic E-state index is 0.0904. The van der Waals surface area contributed by atoms with Crippen molar-refractivity contribution in [1.82, 2.24) is 0 Å². The third-order valence-corrected chi connectivity index (χ3v) is 6.27. The first-order valence-electron chi connectivity index (χ1n) is 9.33. The fraction of sp³-hybridized carbons (Fsp3) is 0.250. The number of aliphatic hydroxyl groups excluding tert-OH is 1. The maximum Gasteiger partial charge on any atom is 0.123 e. The second-order valence-electron chi connectivity index (χ2n) is 7.25. The highest BCUT2D eigenvalue weighted by atomic mass is 16.5. The predicted octanol–water partition coefficient (Wildman–Crippen LogP) is 4.23. The van der Waals surface area contributed by atoms with Gasteiger partial charge in [0.1, 0.15) is 11.5 Å². The van der Waals surface area contributed by atoms with Crippen LogP contribution in [0, 0.1) is 0 Å². The van der Waals surface area contributed by atoms with Crippen LogP contribution in [0.15, 0.2) is 60.7 Å². The molecule has 6 rings (SSSR count). The van der Waals surface area contributed by atoms with Crippen molar-refractivity contribution in [2.24, 2.45) is 0 Å². The first-order valence-corrected chi connectivity index (χ1v) is 9.33. The molecule has 0 fully saturated rings. The van der Waals surface area contributed by atoms with Crippen LogP contribution in [0.5, 0.6) is 11.5 Å². The van der Waals surface area contributed by atoms with Gasteiger partial charge in [0.2, 0.25) is 0 Å². The standard InChI is InChI=1S/C24H22O3/c1-26-19-11-12-20(27-2)23-22(19)21-15-7-3-5-9-17(15)24(23,13-14-25)18-10-6-4-8-16(18)21/h3-12,21,25H,13-14H2,1-2H3. The Balaban J connectivity index is 2.00. The van der Waals surface area contributed by atoms with Crippen molar-refractivity contribution in [1.29, 1.82) is 0 Å². The maximum atomic E-state index is 10.1. The monoisotopic (exact) mass is 358 g/mol. The lowest BCUT2D eigenvalue weighted by Crippen LogP contribution is -2.43. The number of aliphatic hydroxyl groups is 1. The summed E-state index contributed by atoms with van der Waals surface area (Å²) in [5.41, 5.74) is 6.99. The van der Waals surface area contributed by atoms with E-state index in [9.17, 15) is 5.11 Å². The second kappa shape index (κ2) is 5.86. The van der Waals surface area contributed by atoms with Gasteiger partial charge in [-0.1, -0.05) is 48.5 Å². The molecule has 0 aromatic heterocycles. The molecule has 0 heterocycles. The average molecular weight is 358 g/mol. The van der Waals surface area contributed by atoms with E-state index in [2.05, 4.69) is 48.5 Å². The molecule has 0 saturated carbocycles. The molecule has 0 saturated heterocycles. The smallest absolute Gasteiger partial charge is 0.123 e. The summed E-state index contributed by atoms with van der Waals surface area (Å²) < 4.78 is 11.6. The van der Waals surface area contributed by atoms with Gasteiger partial charge < -0.3 is 14.6 Å². The van der Waals surface area contributed by atoms with Gasteiger partial charge in [-0.3, -0.25) is 0 Å². The summed E-state index contributed by atoms with van der Waals surface area (Å²) in [6.45, 7) is 0.0904. The van der Waals surface area contributed by atoms with Crippen LogP contribution in [0.4, 0.5) is 0 Å². The molecule has 0 amide bonds. The molecule has 3 nitrogen and oxygen atoms in total. The number of benzene rings is 3. The van der Waals surface area contributed by atoms with Gasteiger partial charge in [0.15, 0.2) is 0 Å². The van der Waals surface area contributed by atoms with E-state index in [0.29, 0.717) is 6.42 Å². The highest BCUT2D eigenvalue weighted by Gasteiger charge is 2.53. The van der Waals surface area contributed by atoms with Crippen LogP contribution < -0.4 is 9.47 Å². The van der Waals surface area contributed by atoms with Crippen molar-refractivity contribution in [3.63, 3.8) is 0 Å². The highest BCUT2D eigenvalue weighted by Crippen LogP contribution is 2.63. The van der Waals surface area contributed by atoms with E-state index in [1.807, 2.05) is 12.1 Å². The summed E-state index contributed by atoms with van der Waals surface area (Å²) in [5, 5.41) is 10.1. The number of hydrogen-bond donors (Lipinski definition) is 1. The second-order valence-corrected chi connectivity index (χ2v) is 7.25. The molecule has 27 heavy (non-hydrogen) atoms. The normalized spacial score (nSPS) is 21.2. The number of rotatable bonds is 4. The molecule has 0 unspecified atom stereocenters. The van der Waals surface area contributed by atoms with E-state index < -0.39 is 5.41 Å². The summed E-state index contributed by atoms with van der Waals surface area (Å²) in [6.07, 6.45) is 0.601.